The molecule has 0 heterocycles. The van der Waals surface area contributed by atoms with E-state index in [-0.39, 0.29) is 0 Å². The van der Waals surface area contributed by atoms with E-state index in [4.69, 9.17) is 0 Å². The van der Waals surface area contributed by atoms with E-state index >= 15 is 0 Å². The Hall–Kier alpha value is -0.820. The molecule has 0 aliphatic heterocycles. The van der Waals surface area contributed by atoms with Crippen LogP contribution in [0.2, 0.25) is 0 Å². The fourth-order valence-corrected chi connectivity index (χ4v) is 2.43. The summed E-state index contributed by atoms with van der Waals surface area (Å²) in [6.07, 6.45) is 12.2. The number of hydrogen-bond donors (Lipinski definition) is 1. The molecular weight excluding hydrogens is 160 g/mol. The van der Waals surface area contributed by atoms with Gasteiger partial charge in [-0.25, -0.2) is 0 Å². The molecule has 2 atom stereocenters. The van der Waals surface area contributed by atoms with Crippen LogP contribution in [-0.2, 0) is 0 Å². The molecule has 0 aromatic carbocycles. The van der Waals surface area contributed by atoms with Crippen LogP contribution in [-0.4, -0.2) is 10.7 Å². The molecule has 0 radical (unpaired) electrons. The van der Waals surface area contributed by atoms with Crippen molar-refractivity contribution in [2.45, 2.75) is 31.3 Å². The fourth-order valence-electron chi connectivity index (χ4n) is 2.43. The van der Waals surface area contributed by atoms with Crippen molar-refractivity contribution >= 4 is 0 Å². The second-order valence-electron chi connectivity index (χ2n) is 4.00. The van der Waals surface area contributed by atoms with Crippen molar-refractivity contribution in [3.05, 3.63) is 36.5 Å². The SMILES string of the molecule is C=CC1(O)CCCC2CC=CC=C21. The van der Waals surface area contributed by atoms with Crippen LogP contribution in [0.15, 0.2) is 36.5 Å². The molecule has 70 valence electrons. The lowest BCUT2D eigenvalue weighted by Crippen LogP contribution is -2.36. The number of allylic oxidation sites excluding steroid dienone is 3. The van der Waals surface area contributed by atoms with Crippen LogP contribution in [0.3, 0.4) is 0 Å². The van der Waals surface area contributed by atoms with Gasteiger partial charge in [0, 0.05) is 0 Å². The summed E-state index contributed by atoms with van der Waals surface area (Å²) in [5, 5.41) is 10.3. The molecule has 1 saturated carbocycles. The normalized spacial score (nSPS) is 37.9. The van der Waals surface area contributed by atoms with Crippen LogP contribution >= 0.6 is 0 Å². The highest BCUT2D eigenvalue weighted by Gasteiger charge is 2.36. The monoisotopic (exact) mass is 176 g/mol. The molecule has 0 amide bonds. The van der Waals surface area contributed by atoms with E-state index in [1.54, 1.807) is 6.08 Å². The largest absolute Gasteiger partial charge is 0.381 e. The highest BCUT2D eigenvalue weighted by Crippen LogP contribution is 2.41. The van der Waals surface area contributed by atoms with Gasteiger partial charge >= 0.3 is 0 Å². The predicted molar refractivity (Wildman–Crippen MR) is 54.3 cm³/mol. The van der Waals surface area contributed by atoms with E-state index in [1.165, 1.54) is 12.0 Å². The lowest BCUT2D eigenvalue weighted by molar-refractivity contribution is 0.0849. The van der Waals surface area contributed by atoms with Crippen molar-refractivity contribution in [2.75, 3.05) is 0 Å². The standard InChI is InChI=1S/C12H16O/c1-2-12(13)9-5-7-10-6-3-4-8-11(10)12/h2-4,8,10,13H,1,5-7,9H2. The highest BCUT2D eigenvalue weighted by molar-refractivity contribution is 5.34. The Kier molecular flexibility index (Phi) is 2.12. The van der Waals surface area contributed by atoms with Gasteiger partial charge in [0.2, 0.25) is 0 Å². The number of rotatable bonds is 1. The first-order valence-corrected chi connectivity index (χ1v) is 4.99. The number of fused-ring (bicyclic) bond motifs is 1. The first kappa shape index (κ1) is 8.76. The maximum Gasteiger partial charge on any atom is 0.104 e. The molecule has 0 bridgehead atoms. The van der Waals surface area contributed by atoms with E-state index in [2.05, 4.69) is 18.7 Å². The molecule has 2 aliphatic carbocycles. The Morgan fingerprint density at radius 2 is 2.46 bits per heavy atom. The van der Waals surface area contributed by atoms with E-state index in [0.29, 0.717) is 5.92 Å². The van der Waals surface area contributed by atoms with Gasteiger partial charge in [-0.1, -0.05) is 30.9 Å². The fraction of sp³-hybridized carbons (Fsp3) is 0.500. The van der Waals surface area contributed by atoms with E-state index in [1.807, 2.05) is 6.08 Å². The van der Waals surface area contributed by atoms with Gasteiger partial charge in [-0.15, -0.1) is 0 Å². The molecule has 1 fully saturated rings. The zero-order valence-corrected chi connectivity index (χ0v) is 7.87. The number of aliphatic hydroxyl groups is 1. The van der Waals surface area contributed by atoms with Crippen LogP contribution < -0.4 is 0 Å². The van der Waals surface area contributed by atoms with Crippen molar-refractivity contribution in [3.63, 3.8) is 0 Å². The predicted octanol–water partition coefficient (Wildman–Crippen LogP) is 2.59. The first-order chi connectivity index (χ1) is 6.26. The van der Waals surface area contributed by atoms with Gasteiger partial charge in [-0.2, -0.15) is 0 Å². The minimum absolute atomic E-state index is 0.557. The van der Waals surface area contributed by atoms with Crippen molar-refractivity contribution in [2.24, 2.45) is 5.92 Å². The van der Waals surface area contributed by atoms with Crippen molar-refractivity contribution < 1.29 is 5.11 Å². The molecule has 1 nitrogen and oxygen atoms in total. The zero-order valence-electron chi connectivity index (χ0n) is 7.87. The quantitative estimate of drug-likeness (QED) is 0.609. The molecule has 0 spiro atoms. The summed E-state index contributed by atoms with van der Waals surface area (Å²) in [6, 6.07) is 0. The van der Waals surface area contributed by atoms with E-state index in [9.17, 15) is 5.11 Å². The van der Waals surface area contributed by atoms with Gasteiger partial charge in [-0.3, -0.25) is 0 Å². The molecule has 2 aliphatic rings. The summed E-state index contributed by atoms with van der Waals surface area (Å²) in [4.78, 5) is 0. The Balaban J connectivity index is 2.34. The lowest BCUT2D eigenvalue weighted by atomic mass is 9.71. The second-order valence-corrected chi connectivity index (χ2v) is 4.00. The Bertz CT molecular complexity index is 275. The summed E-state index contributed by atoms with van der Waals surface area (Å²) in [5.41, 5.74) is 0.462. The average Bonchev–Trinajstić information content (AvgIpc) is 2.19. The molecule has 0 aromatic rings. The zero-order chi connectivity index (χ0) is 9.31. The Morgan fingerprint density at radius 1 is 1.62 bits per heavy atom. The Labute approximate surface area is 79.5 Å². The molecular formula is C12H16O. The number of hydrogen-bond acceptors (Lipinski definition) is 1. The van der Waals surface area contributed by atoms with Crippen LogP contribution in [0.1, 0.15) is 25.7 Å². The van der Waals surface area contributed by atoms with Crippen molar-refractivity contribution in [3.8, 4) is 0 Å². The molecule has 13 heavy (non-hydrogen) atoms. The van der Waals surface area contributed by atoms with Gasteiger partial charge in [0.1, 0.15) is 5.60 Å². The highest BCUT2D eigenvalue weighted by atomic mass is 16.3. The van der Waals surface area contributed by atoms with Crippen LogP contribution in [0.4, 0.5) is 0 Å². The van der Waals surface area contributed by atoms with Crippen molar-refractivity contribution in [1.29, 1.82) is 0 Å². The third-order valence-corrected chi connectivity index (χ3v) is 3.22. The van der Waals surface area contributed by atoms with Crippen LogP contribution in [0, 0.1) is 5.92 Å². The molecule has 2 unspecified atom stereocenters. The third kappa shape index (κ3) is 1.37. The van der Waals surface area contributed by atoms with Crippen LogP contribution in [0.25, 0.3) is 0 Å². The smallest absolute Gasteiger partial charge is 0.104 e. The molecule has 1 N–H and O–H groups in total. The van der Waals surface area contributed by atoms with Gasteiger partial charge in [0.15, 0.2) is 0 Å². The first-order valence-electron chi connectivity index (χ1n) is 4.99. The lowest BCUT2D eigenvalue weighted by Gasteiger charge is -2.38. The third-order valence-electron chi connectivity index (χ3n) is 3.22. The molecule has 2 rings (SSSR count). The van der Waals surface area contributed by atoms with Crippen LogP contribution in [0.5, 0.6) is 0 Å². The average molecular weight is 176 g/mol. The summed E-state index contributed by atoms with van der Waals surface area (Å²) < 4.78 is 0. The second kappa shape index (κ2) is 3.15. The minimum atomic E-state index is -0.715. The maximum absolute atomic E-state index is 10.3. The van der Waals surface area contributed by atoms with Gasteiger partial charge in [0.05, 0.1) is 0 Å². The summed E-state index contributed by atoms with van der Waals surface area (Å²) >= 11 is 0. The maximum atomic E-state index is 10.3. The van der Waals surface area contributed by atoms with Crippen molar-refractivity contribution in [1.82, 2.24) is 0 Å². The van der Waals surface area contributed by atoms with Gasteiger partial charge < -0.3 is 5.11 Å². The van der Waals surface area contributed by atoms with Gasteiger partial charge in [0.25, 0.3) is 0 Å². The summed E-state index contributed by atoms with van der Waals surface area (Å²) in [7, 11) is 0. The molecule has 0 aromatic heterocycles. The molecule has 0 saturated heterocycles. The molecule has 1 heteroatoms. The minimum Gasteiger partial charge on any atom is -0.381 e. The summed E-state index contributed by atoms with van der Waals surface area (Å²) in [6.45, 7) is 3.73. The van der Waals surface area contributed by atoms with Gasteiger partial charge in [-0.05, 0) is 37.2 Å². The Morgan fingerprint density at radius 3 is 3.23 bits per heavy atom. The summed E-state index contributed by atoms with van der Waals surface area (Å²) in [5.74, 6) is 0.557. The van der Waals surface area contributed by atoms with E-state index in [0.717, 1.165) is 19.3 Å². The van der Waals surface area contributed by atoms with E-state index < -0.39 is 5.60 Å². The topological polar surface area (TPSA) is 20.2 Å².